The number of nitrogens with zero attached hydrogens (tertiary/aromatic N) is 4. The topological polar surface area (TPSA) is 103 Å². The molecule has 0 unspecified atom stereocenters. The molecule has 10 heteroatoms. The number of thioether (sulfide) groups is 1. The van der Waals surface area contributed by atoms with Gasteiger partial charge >= 0.3 is 5.69 Å². The summed E-state index contributed by atoms with van der Waals surface area (Å²) in [6.07, 6.45) is 4.34. The lowest BCUT2D eigenvalue weighted by atomic mass is 9.86. The third-order valence-corrected chi connectivity index (χ3v) is 7.07. The fourth-order valence-electron chi connectivity index (χ4n) is 4.24. The van der Waals surface area contributed by atoms with E-state index < -0.39 is 16.4 Å². The molecule has 1 aliphatic carbocycles. The number of benzene rings is 2. The summed E-state index contributed by atoms with van der Waals surface area (Å²) in [5.41, 5.74) is 1.75. The van der Waals surface area contributed by atoms with Crippen molar-refractivity contribution in [2.75, 3.05) is 11.1 Å². The summed E-state index contributed by atoms with van der Waals surface area (Å²) >= 11 is 1.27. The maximum atomic E-state index is 13.6. The molecule has 2 aromatic carbocycles. The van der Waals surface area contributed by atoms with Crippen molar-refractivity contribution < 1.29 is 14.1 Å². The summed E-state index contributed by atoms with van der Waals surface area (Å²) in [4.78, 5) is 22.7. The van der Waals surface area contributed by atoms with E-state index in [0.29, 0.717) is 5.16 Å². The van der Waals surface area contributed by atoms with Crippen LogP contribution in [0.4, 0.5) is 15.8 Å². The predicted molar refractivity (Wildman–Crippen MR) is 134 cm³/mol. The van der Waals surface area contributed by atoms with Gasteiger partial charge in [-0.2, -0.15) is 4.39 Å². The van der Waals surface area contributed by atoms with Crippen molar-refractivity contribution in [1.29, 1.82) is 0 Å². The summed E-state index contributed by atoms with van der Waals surface area (Å²) in [5.74, 6) is -0.489. The van der Waals surface area contributed by atoms with Gasteiger partial charge in [0, 0.05) is 23.4 Å². The molecular weight excluding hydrogens is 469 g/mol. The average molecular weight is 498 g/mol. The molecule has 0 saturated heterocycles. The number of amides is 1. The number of hydrogen-bond donors (Lipinski definition) is 1. The number of nitro groups is 1. The van der Waals surface area contributed by atoms with Crippen molar-refractivity contribution in [2.24, 2.45) is 0 Å². The van der Waals surface area contributed by atoms with Crippen LogP contribution in [0, 0.1) is 15.9 Å². The van der Waals surface area contributed by atoms with Crippen molar-refractivity contribution in [3.63, 3.8) is 0 Å². The third kappa shape index (κ3) is 5.70. The minimum Gasteiger partial charge on any atom is -0.325 e. The lowest BCUT2D eigenvalue weighted by Gasteiger charge is -2.20. The molecule has 35 heavy (non-hydrogen) atoms. The van der Waals surface area contributed by atoms with E-state index in [1.165, 1.54) is 23.4 Å². The Kier molecular flexibility index (Phi) is 7.20. The minimum atomic E-state index is -0.949. The number of halogens is 1. The van der Waals surface area contributed by atoms with Gasteiger partial charge in [-0.25, -0.2) is 0 Å². The molecule has 0 aliphatic heterocycles. The maximum absolute atomic E-state index is 13.6. The van der Waals surface area contributed by atoms with Crippen molar-refractivity contribution in [2.45, 2.75) is 63.1 Å². The SMILES string of the molecule is CC(C)(C)c1ccc(-c2nnc(SCC(=O)Nc3ccc(F)c([N+](=O)[O-])c3)n2C2CCCC2)cc1. The summed E-state index contributed by atoms with van der Waals surface area (Å²) in [5, 5.41) is 23.1. The molecule has 184 valence electrons. The Morgan fingerprint density at radius 3 is 2.49 bits per heavy atom. The molecule has 0 atom stereocenters. The highest BCUT2D eigenvalue weighted by Gasteiger charge is 2.26. The Labute approximate surface area is 207 Å². The first-order chi connectivity index (χ1) is 16.6. The van der Waals surface area contributed by atoms with Crippen LogP contribution >= 0.6 is 11.8 Å². The minimum absolute atomic E-state index is 0.0407. The molecule has 1 aromatic heterocycles. The van der Waals surface area contributed by atoms with Gasteiger partial charge in [0.05, 0.1) is 10.7 Å². The number of carbonyl (C=O) groups excluding carboxylic acids is 1. The van der Waals surface area contributed by atoms with Gasteiger partial charge in [0.1, 0.15) is 0 Å². The number of carbonyl (C=O) groups is 1. The average Bonchev–Trinajstić information content (AvgIpc) is 3.48. The first-order valence-corrected chi connectivity index (χ1v) is 12.5. The van der Waals surface area contributed by atoms with E-state index in [9.17, 15) is 19.3 Å². The van der Waals surface area contributed by atoms with E-state index in [2.05, 4.69) is 65.1 Å². The summed E-state index contributed by atoms with van der Waals surface area (Å²) in [6.45, 7) is 6.52. The monoisotopic (exact) mass is 497 g/mol. The fourth-order valence-corrected chi connectivity index (χ4v) is 5.05. The van der Waals surface area contributed by atoms with Crippen LogP contribution < -0.4 is 5.32 Å². The van der Waals surface area contributed by atoms with Gasteiger partial charge in [-0.3, -0.25) is 19.5 Å². The van der Waals surface area contributed by atoms with Gasteiger partial charge in [0.15, 0.2) is 11.0 Å². The van der Waals surface area contributed by atoms with Crippen LogP contribution in [0.3, 0.4) is 0 Å². The molecule has 1 fully saturated rings. The highest BCUT2D eigenvalue weighted by atomic mass is 32.2. The van der Waals surface area contributed by atoms with E-state index >= 15 is 0 Å². The molecule has 1 amide bonds. The molecule has 8 nitrogen and oxygen atoms in total. The van der Waals surface area contributed by atoms with Crippen molar-refractivity contribution in [1.82, 2.24) is 14.8 Å². The first-order valence-electron chi connectivity index (χ1n) is 11.6. The molecule has 1 N–H and O–H groups in total. The van der Waals surface area contributed by atoms with Crippen LogP contribution in [-0.2, 0) is 10.2 Å². The van der Waals surface area contributed by atoms with Gasteiger partial charge in [-0.1, -0.05) is 69.6 Å². The van der Waals surface area contributed by atoms with Crippen molar-refractivity contribution in [3.8, 4) is 11.4 Å². The zero-order valence-electron chi connectivity index (χ0n) is 20.0. The fraction of sp³-hybridized carbons (Fsp3) is 0.400. The third-order valence-electron chi connectivity index (χ3n) is 6.12. The second-order valence-electron chi connectivity index (χ2n) is 9.70. The lowest BCUT2D eigenvalue weighted by Crippen LogP contribution is -2.15. The Hall–Kier alpha value is -3.27. The molecule has 1 saturated carbocycles. The van der Waals surface area contributed by atoms with E-state index in [1.807, 2.05) is 0 Å². The summed E-state index contributed by atoms with van der Waals surface area (Å²) < 4.78 is 15.7. The van der Waals surface area contributed by atoms with Crippen LogP contribution in [0.1, 0.15) is 58.1 Å². The number of anilines is 1. The van der Waals surface area contributed by atoms with Gasteiger partial charge in [-0.05, 0) is 36.0 Å². The molecule has 3 aromatic rings. The quantitative estimate of drug-likeness (QED) is 0.239. The number of aromatic nitrogens is 3. The van der Waals surface area contributed by atoms with E-state index in [0.717, 1.165) is 49.2 Å². The summed E-state index contributed by atoms with van der Waals surface area (Å²) in [6, 6.07) is 11.9. The van der Waals surface area contributed by atoms with Gasteiger partial charge in [-0.15, -0.1) is 10.2 Å². The summed E-state index contributed by atoms with van der Waals surface area (Å²) in [7, 11) is 0. The normalized spacial score (nSPS) is 14.3. The number of nitrogens with one attached hydrogen (secondary N) is 1. The molecule has 4 rings (SSSR count). The largest absolute Gasteiger partial charge is 0.325 e. The highest BCUT2D eigenvalue weighted by molar-refractivity contribution is 7.99. The maximum Gasteiger partial charge on any atom is 0.306 e. The zero-order valence-corrected chi connectivity index (χ0v) is 20.8. The Balaban J connectivity index is 1.52. The van der Waals surface area contributed by atoms with Crippen LogP contribution in [0.25, 0.3) is 11.4 Å². The van der Waals surface area contributed by atoms with E-state index in [-0.39, 0.29) is 28.8 Å². The van der Waals surface area contributed by atoms with Crippen LogP contribution in [0.2, 0.25) is 0 Å². The molecule has 0 spiro atoms. The van der Waals surface area contributed by atoms with Crippen molar-refractivity contribution in [3.05, 3.63) is 64.0 Å². The van der Waals surface area contributed by atoms with E-state index in [4.69, 9.17) is 0 Å². The number of nitro benzene ring substituents is 1. The second-order valence-corrected chi connectivity index (χ2v) is 10.6. The zero-order chi connectivity index (χ0) is 25.2. The Bertz CT molecular complexity index is 1230. The van der Waals surface area contributed by atoms with Gasteiger partial charge < -0.3 is 5.32 Å². The molecule has 0 radical (unpaired) electrons. The number of hydrogen-bond acceptors (Lipinski definition) is 6. The molecular formula is C25H28FN5O3S. The van der Waals surface area contributed by atoms with E-state index in [1.54, 1.807) is 0 Å². The van der Waals surface area contributed by atoms with Gasteiger partial charge in [0.2, 0.25) is 11.7 Å². The molecule has 1 aliphatic rings. The smallest absolute Gasteiger partial charge is 0.306 e. The molecule has 0 bridgehead atoms. The van der Waals surface area contributed by atoms with Crippen molar-refractivity contribution >= 4 is 29.0 Å². The highest BCUT2D eigenvalue weighted by Crippen LogP contribution is 2.37. The van der Waals surface area contributed by atoms with Crippen LogP contribution in [0.5, 0.6) is 0 Å². The lowest BCUT2D eigenvalue weighted by molar-refractivity contribution is -0.387. The Morgan fingerprint density at radius 2 is 1.86 bits per heavy atom. The van der Waals surface area contributed by atoms with Gasteiger partial charge in [0.25, 0.3) is 0 Å². The second kappa shape index (κ2) is 10.2. The first kappa shape index (κ1) is 24.8. The Morgan fingerprint density at radius 1 is 1.17 bits per heavy atom. The standard InChI is InChI=1S/C25H28FN5O3S/c1-25(2,3)17-10-8-16(9-11-17)23-28-29-24(30(23)19-6-4-5-7-19)35-15-22(32)27-18-12-13-20(26)21(14-18)31(33)34/h8-14,19H,4-7,15H2,1-3H3,(H,27,32). The molecule has 1 heterocycles. The van der Waals surface area contributed by atoms with Crippen LogP contribution in [-0.4, -0.2) is 31.3 Å². The van der Waals surface area contributed by atoms with Crippen LogP contribution in [0.15, 0.2) is 47.6 Å². The predicted octanol–water partition coefficient (Wildman–Crippen LogP) is 6.14. The number of rotatable bonds is 7.